The standard InChI is InChI=1S/C16H25NO/c1-12-7-8-15-13(9-12)5-3-4-6-14(15)10-16(2,17)11-18/h7-9,14,18H,3-6,10-11,17H2,1-2H3/t14-,16-/m0/s1. The van der Waals surface area contributed by atoms with Gasteiger partial charge >= 0.3 is 0 Å². The zero-order valence-corrected chi connectivity index (χ0v) is 11.6. The van der Waals surface area contributed by atoms with Crippen molar-refractivity contribution in [3.8, 4) is 0 Å². The molecule has 1 aliphatic carbocycles. The summed E-state index contributed by atoms with van der Waals surface area (Å²) < 4.78 is 0. The quantitative estimate of drug-likeness (QED) is 0.807. The molecular formula is C16H25NO. The highest BCUT2D eigenvalue weighted by molar-refractivity contribution is 5.35. The molecule has 0 saturated carbocycles. The molecule has 1 aliphatic rings. The molecule has 0 aliphatic heterocycles. The van der Waals surface area contributed by atoms with Crippen LogP contribution in [-0.2, 0) is 6.42 Å². The van der Waals surface area contributed by atoms with E-state index in [-0.39, 0.29) is 6.61 Å². The van der Waals surface area contributed by atoms with E-state index in [1.165, 1.54) is 42.4 Å². The molecule has 2 rings (SSSR count). The van der Waals surface area contributed by atoms with Crippen molar-refractivity contribution in [2.45, 2.75) is 57.4 Å². The highest BCUT2D eigenvalue weighted by Crippen LogP contribution is 2.35. The number of rotatable bonds is 3. The number of hydrogen-bond acceptors (Lipinski definition) is 2. The Morgan fingerprint density at radius 3 is 2.89 bits per heavy atom. The van der Waals surface area contributed by atoms with Gasteiger partial charge in [-0.3, -0.25) is 0 Å². The third kappa shape index (κ3) is 3.12. The second-order valence-corrected chi connectivity index (χ2v) is 6.16. The summed E-state index contributed by atoms with van der Waals surface area (Å²) >= 11 is 0. The molecule has 1 aromatic rings. The summed E-state index contributed by atoms with van der Waals surface area (Å²) in [6, 6.07) is 6.79. The molecule has 0 amide bonds. The minimum atomic E-state index is -0.461. The highest BCUT2D eigenvalue weighted by atomic mass is 16.3. The maximum absolute atomic E-state index is 9.36. The molecule has 0 saturated heterocycles. The average Bonchev–Trinajstić information content (AvgIpc) is 2.51. The van der Waals surface area contributed by atoms with Crippen molar-refractivity contribution >= 4 is 0 Å². The van der Waals surface area contributed by atoms with Crippen molar-refractivity contribution in [3.05, 3.63) is 34.9 Å². The fraction of sp³-hybridized carbons (Fsp3) is 0.625. The number of hydrogen-bond donors (Lipinski definition) is 2. The number of aliphatic hydroxyl groups is 1. The molecule has 3 N–H and O–H groups in total. The van der Waals surface area contributed by atoms with Gasteiger partial charge in [-0.05, 0) is 56.6 Å². The Morgan fingerprint density at radius 2 is 2.17 bits per heavy atom. The first kappa shape index (κ1) is 13.6. The molecule has 0 heterocycles. The van der Waals surface area contributed by atoms with Crippen molar-refractivity contribution in [1.82, 2.24) is 0 Å². The predicted molar refractivity (Wildman–Crippen MR) is 75.8 cm³/mol. The smallest absolute Gasteiger partial charge is 0.0608 e. The van der Waals surface area contributed by atoms with Crippen molar-refractivity contribution in [2.75, 3.05) is 6.61 Å². The van der Waals surface area contributed by atoms with Crippen LogP contribution in [0.5, 0.6) is 0 Å². The first-order valence-electron chi connectivity index (χ1n) is 7.01. The summed E-state index contributed by atoms with van der Waals surface area (Å²) in [5.41, 5.74) is 9.97. The van der Waals surface area contributed by atoms with Crippen LogP contribution in [0.15, 0.2) is 18.2 Å². The van der Waals surface area contributed by atoms with Crippen molar-refractivity contribution < 1.29 is 5.11 Å². The minimum Gasteiger partial charge on any atom is -0.394 e. The molecule has 2 nitrogen and oxygen atoms in total. The van der Waals surface area contributed by atoms with Crippen molar-refractivity contribution in [1.29, 1.82) is 0 Å². The molecule has 0 unspecified atom stereocenters. The van der Waals surface area contributed by atoms with E-state index >= 15 is 0 Å². The summed E-state index contributed by atoms with van der Waals surface area (Å²) in [5.74, 6) is 0.505. The summed E-state index contributed by atoms with van der Waals surface area (Å²) in [6.07, 6.45) is 5.80. The first-order chi connectivity index (χ1) is 8.52. The van der Waals surface area contributed by atoms with Gasteiger partial charge in [0.05, 0.1) is 6.61 Å². The van der Waals surface area contributed by atoms with Gasteiger partial charge in [-0.1, -0.05) is 30.2 Å². The van der Waals surface area contributed by atoms with Crippen molar-refractivity contribution in [2.24, 2.45) is 5.73 Å². The van der Waals surface area contributed by atoms with E-state index in [1.54, 1.807) is 0 Å². The minimum absolute atomic E-state index is 0.0602. The summed E-state index contributed by atoms with van der Waals surface area (Å²) in [6.45, 7) is 4.16. The lowest BCUT2D eigenvalue weighted by molar-refractivity contribution is 0.191. The van der Waals surface area contributed by atoms with E-state index in [0.29, 0.717) is 5.92 Å². The van der Waals surface area contributed by atoms with E-state index in [4.69, 9.17) is 5.73 Å². The lowest BCUT2D eigenvalue weighted by Gasteiger charge is -2.28. The van der Waals surface area contributed by atoms with Crippen LogP contribution in [0, 0.1) is 6.92 Å². The Morgan fingerprint density at radius 1 is 1.39 bits per heavy atom. The van der Waals surface area contributed by atoms with Crippen molar-refractivity contribution in [3.63, 3.8) is 0 Å². The zero-order valence-electron chi connectivity index (χ0n) is 11.6. The molecule has 0 bridgehead atoms. The summed E-state index contributed by atoms with van der Waals surface area (Å²) in [5, 5.41) is 9.36. The molecule has 0 spiro atoms. The number of fused-ring (bicyclic) bond motifs is 1. The monoisotopic (exact) mass is 247 g/mol. The van der Waals surface area contributed by atoms with Crippen LogP contribution >= 0.6 is 0 Å². The maximum atomic E-state index is 9.36. The van der Waals surface area contributed by atoms with Gasteiger partial charge in [0.1, 0.15) is 0 Å². The number of aliphatic hydroxyl groups excluding tert-OH is 1. The second kappa shape index (κ2) is 5.41. The molecule has 0 fully saturated rings. The highest BCUT2D eigenvalue weighted by Gasteiger charge is 2.26. The molecule has 1 aromatic carbocycles. The van der Waals surface area contributed by atoms with Gasteiger partial charge in [0.2, 0.25) is 0 Å². The lowest BCUT2D eigenvalue weighted by Crippen LogP contribution is -2.41. The van der Waals surface area contributed by atoms with Crippen LogP contribution in [-0.4, -0.2) is 17.3 Å². The maximum Gasteiger partial charge on any atom is 0.0608 e. The van der Waals surface area contributed by atoms with Crippen LogP contribution in [0.4, 0.5) is 0 Å². The molecule has 2 heteroatoms. The second-order valence-electron chi connectivity index (χ2n) is 6.16. The molecular weight excluding hydrogens is 222 g/mol. The van der Waals surface area contributed by atoms with Crippen LogP contribution in [0.2, 0.25) is 0 Å². The molecule has 100 valence electrons. The van der Waals surface area contributed by atoms with E-state index < -0.39 is 5.54 Å². The SMILES string of the molecule is Cc1ccc2c(c1)CCCC[C@H]2C[C@](C)(N)CO. The molecule has 0 aromatic heterocycles. The topological polar surface area (TPSA) is 46.2 Å². The largest absolute Gasteiger partial charge is 0.394 e. The van der Waals surface area contributed by atoms with Crippen LogP contribution in [0.1, 0.15) is 55.2 Å². The zero-order chi connectivity index (χ0) is 13.2. The van der Waals surface area contributed by atoms with Gasteiger partial charge in [0.15, 0.2) is 0 Å². The van der Waals surface area contributed by atoms with Crippen LogP contribution < -0.4 is 5.73 Å². The van der Waals surface area contributed by atoms with Crippen LogP contribution in [0.3, 0.4) is 0 Å². The fourth-order valence-electron chi connectivity index (χ4n) is 3.05. The summed E-state index contributed by atoms with van der Waals surface area (Å²) in [7, 11) is 0. The number of aryl methyl sites for hydroxylation is 2. The third-order valence-corrected chi connectivity index (χ3v) is 4.06. The normalized spacial score (nSPS) is 23.0. The number of nitrogens with two attached hydrogens (primary N) is 1. The average molecular weight is 247 g/mol. The van der Waals surface area contributed by atoms with Gasteiger partial charge in [-0.15, -0.1) is 0 Å². The molecule has 18 heavy (non-hydrogen) atoms. The van der Waals surface area contributed by atoms with E-state index in [9.17, 15) is 5.11 Å². The van der Waals surface area contributed by atoms with Gasteiger partial charge in [-0.2, -0.15) is 0 Å². The molecule has 0 radical (unpaired) electrons. The lowest BCUT2D eigenvalue weighted by atomic mass is 9.82. The van der Waals surface area contributed by atoms with Gasteiger partial charge in [0.25, 0.3) is 0 Å². The van der Waals surface area contributed by atoms with Crippen LogP contribution in [0.25, 0.3) is 0 Å². The van der Waals surface area contributed by atoms with E-state index in [2.05, 4.69) is 25.1 Å². The Bertz CT molecular complexity index is 412. The van der Waals surface area contributed by atoms with Gasteiger partial charge in [0, 0.05) is 5.54 Å². The first-order valence-corrected chi connectivity index (χ1v) is 7.01. The molecule has 2 atom stereocenters. The summed E-state index contributed by atoms with van der Waals surface area (Å²) in [4.78, 5) is 0. The van der Waals surface area contributed by atoms with Gasteiger partial charge < -0.3 is 10.8 Å². The third-order valence-electron chi connectivity index (χ3n) is 4.06. The predicted octanol–water partition coefficient (Wildman–Crippen LogP) is 2.90. The fourth-order valence-corrected chi connectivity index (χ4v) is 3.05. The number of benzene rings is 1. The van der Waals surface area contributed by atoms with E-state index in [1.807, 2.05) is 6.92 Å². The van der Waals surface area contributed by atoms with Gasteiger partial charge in [-0.25, -0.2) is 0 Å². The Kier molecular flexibility index (Phi) is 4.08. The Hall–Kier alpha value is -0.860. The Labute approximate surface area is 110 Å². The van der Waals surface area contributed by atoms with E-state index in [0.717, 1.165) is 6.42 Å². The Balaban J connectivity index is 2.27.